The second kappa shape index (κ2) is 3.96. The molecule has 0 N–H and O–H groups in total. The van der Waals surface area contributed by atoms with Crippen LogP contribution in [0.2, 0.25) is 0 Å². The van der Waals surface area contributed by atoms with E-state index in [2.05, 4.69) is 9.97 Å². The second-order valence-corrected chi connectivity index (χ2v) is 4.21. The Morgan fingerprint density at radius 3 is 2.50 bits per heavy atom. The van der Waals surface area contributed by atoms with Crippen molar-refractivity contribution in [2.45, 2.75) is 6.18 Å². The predicted molar refractivity (Wildman–Crippen MR) is 61.3 cm³/mol. The van der Waals surface area contributed by atoms with E-state index in [1.54, 1.807) is 0 Å². The number of rotatable bonds is 1. The van der Waals surface area contributed by atoms with Crippen LogP contribution in [0.5, 0.6) is 0 Å². The fourth-order valence-electron chi connectivity index (χ4n) is 2.07. The van der Waals surface area contributed by atoms with Crippen LogP contribution >= 0.6 is 0 Å². The Bertz CT molecular complexity index is 754. The Labute approximate surface area is 110 Å². The van der Waals surface area contributed by atoms with E-state index in [9.17, 15) is 22.8 Å². The molecule has 0 bridgehead atoms. The van der Waals surface area contributed by atoms with Crippen molar-refractivity contribution in [1.82, 2.24) is 9.97 Å². The molecule has 0 fully saturated rings. The zero-order valence-corrected chi connectivity index (χ0v) is 9.73. The van der Waals surface area contributed by atoms with Crippen molar-refractivity contribution in [3.05, 3.63) is 47.0 Å². The van der Waals surface area contributed by atoms with E-state index in [0.29, 0.717) is 11.8 Å². The van der Waals surface area contributed by atoms with E-state index >= 15 is 0 Å². The van der Waals surface area contributed by atoms with Crippen molar-refractivity contribution in [2.75, 3.05) is 0 Å². The first-order valence-corrected chi connectivity index (χ1v) is 5.50. The Morgan fingerprint density at radius 2 is 1.85 bits per heavy atom. The summed E-state index contributed by atoms with van der Waals surface area (Å²) in [6.07, 6.45) is -3.17. The first kappa shape index (κ1) is 12.5. The number of carbonyl (C=O) groups excluding carboxylic acids is 2. The van der Waals surface area contributed by atoms with Gasteiger partial charge in [-0.3, -0.25) is 9.59 Å². The average Bonchev–Trinajstić information content (AvgIpc) is 2.70. The molecule has 0 amide bonds. The highest BCUT2D eigenvalue weighted by atomic mass is 19.4. The lowest BCUT2D eigenvalue weighted by Gasteiger charge is -2.05. The molecule has 1 heterocycles. The van der Waals surface area contributed by atoms with Crippen LogP contribution in [0.25, 0.3) is 11.1 Å². The van der Waals surface area contributed by atoms with E-state index in [1.165, 1.54) is 18.2 Å². The van der Waals surface area contributed by atoms with E-state index in [4.69, 9.17) is 0 Å². The van der Waals surface area contributed by atoms with Crippen molar-refractivity contribution >= 4 is 12.1 Å². The van der Waals surface area contributed by atoms with Crippen LogP contribution in [-0.4, -0.2) is 22.0 Å². The molecule has 0 atom stereocenters. The Hall–Kier alpha value is -2.57. The number of ketones is 1. The number of halogens is 3. The molecule has 0 aliphatic heterocycles. The lowest BCUT2D eigenvalue weighted by molar-refractivity contribution is -0.145. The van der Waals surface area contributed by atoms with Gasteiger partial charge in [-0.2, -0.15) is 13.2 Å². The largest absolute Gasteiger partial charge is 0.451 e. The van der Waals surface area contributed by atoms with Gasteiger partial charge in [-0.15, -0.1) is 0 Å². The number of hydrogen-bond acceptors (Lipinski definition) is 4. The Balaban J connectivity index is 2.20. The molecule has 2 aromatic rings. The van der Waals surface area contributed by atoms with E-state index in [1.807, 2.05) is 0 Å². The molecule has 0 saturated carbocycles. The lowest BCUT2D eigenvalue weighted by atomic mass is 10.0. The number of carbonyl (C=O) groups is 2. The number of fused-ring (bicyclic) bond motifs is 3. The third-order valence-electron chi connectivity index (χ3n) is 2.97. The highest BCUT2D eigenvalue weighted by Gasteiger charge is 2.38. The van der Waals surface area contributed by atoms with Gasteiger partial charge in [0, 0.05) is 22.9 Å². The van der Waals surface area contributed by atoms with Gasteiger partial charge in [0.15, 0.2) is 0 Å². The number of aldehydes is 1. The van der Waals surface area contributed by atoms with Crippen molar-refractivity contribution in [3.8, 4) is 11.1 Å². The van der Waals surface area contributed by atoms with Crippen LogP contribution in [0.4, 0.5) is 13.2 Å². The van der Waals surface area contributed by atoms with Crippen LogP contribution < -0.4 is 0 Å². The second-order valence-electron chi connectivity index (χ2n) is 4.21. The maximum Gasteiger partial charge on any atom is 0.451 e. The summed E-state index contributed by atoms with van der Waals surface area (Å²) < 4.78 is 37.6. The quantitative estimate of drug-likeness (QED) is 0.642. The van der Waals surface area contributed by atoms with Gasteiger partial charge in [0.05, 0.1) is 0 Å². The molecule has 7 heteroatoms. The SMILES string of the molecule is O=Cc1ccc2c(c1)C(=O)c1nc(C(F)(F)F)ncc1-2. The van der Waals surface area contributed by atoms with Crippen LogP contribution in [-0.2, 0) is 6.18 Å². The molecular weight excluding hydrogens is 273 g/mol. The van der Waals surface area contributed by atoms with Gasteiger partial charge in [0.1, 0.15) is 12.0 Å². The topological polar surface area (TPSA) is 59.9 Å². The van der Waals surface area contributed by atoms with Crippen molar-refractivity contribution < 1.29 is 22.8 Å². The van der Waals surface area contributed by atoms with Crippen molar-refractivity contribution in [2.24, 2.45) is 0 Å². The average molecular weight is 278 g/mol. The van der Waals surface area contributed by atoms with Crippen LogP contribution in [0.1, 0.15) is 32.2 Å². The minimum atomic E-state index is -4.71. The molecule has 0 unspecified atom stereocenters. The number of hydrogen-bond donors (Lipinski definition) is 0. The molecule has 1 aromatic heterocycles. The van der Waals surface area contributed by atoms with Gasteiger partial charge in [-0.25, -0.2) is 9.97 Å². The Morgan fingerprint density at radius 1 is 1.10 bits per heavy atom. The molecule has 0 radical (unpaired) electrons. The molecule has 1 aliphatic rings. The van der Waals surface area contributed by atoms with Gasteiger partial charge in [-0.05, 0) is 11.6 Å². The maximum atomic E-state index is 12.5. The summed E-state index contributed by atoms with van der Waals surface area (Å²) in [5.74, 6) is -1.99. The molecule has 3 rings (SSSR count). The molecule has 100 valence electrons. The summed E-state index contributed by atoms with van der Waals surface area (Å²) in [6, 6.07) is 4.31. The van der Waals surface area contributed by atoms with Gasteiger partial charge in [0.2, 0.25) is 11.6 Å². The summed E-state index contributed by atoms with van der Waals surface area (Å²) in [4.78, 5) is 29.3. The summed E-state index contributed by atoms with van der Waals surface area (Å²) >= 11 is 0. The number of nitrogens with zero attached hydrogens (tertiary/aromatic N) is 2. The van der Waals surface area contributed by atoms with E-state index < -0.39 is 17.8 Å². The standard InChI is InChI=1S/C13H5F3N2O2/c14-13(15,16)12-17-4-9-7-2-1-6(5-19)3-8(7)11(20)10(9)18-12/h1-5H. The number of alkyl halides is 3. The van der Waals surface area contributed by atoms with E-state index in [0.717, 1.165) is 6.20 Å². The minimum absolute atomic E-state index is 0.165. The molecule has 0 saturated heterocycles. The monoisotopic (exact) mass is 278 g/mol. The molecular formula is C13H5F3N2O2. The number of aromatic nitrogens is 2. The third-order valence-corrected chi connectivity index (χ3v) is 2.97. The first-order valence-electron chi connectivity index (χ1n) is 5.50. The highest BCUT2D eigenvalue weighted by molar-refractivity contribution is 6.20. The third kappa shape index (κ3) is 1.70. The maximum absolute atomic E-state index is 12.5. The van der Waals surface area contributed by atoms with Gasteiger partial charge in [-0.1, -0.05) is 12.1 Å². The smallest absolute Gasteiger partial charge is 0.298 e. The number of benzene rings is 1. The summed E-state index contributed by atoms with van der Waals surface area (Å²) in [6.45, 7) is 0. The molecule has 0 spiro atoms. The van der Waals surface area contributed by atoms with Gasteiger partial charge < -0.3 is 0 Å². The van der Waals surface area contributed by atoms with E-state index in [-0.39, 0.29) is 22.4 Å². The molecule has 1 aromatic carbocycles. The predicted octanol–water partition coefficient (Wildman–Crippen LogP) is 2.52. The van der Waals surface area contributed by atoms with Crippen molar-refractivity contribution in [3.63, 3.8) is 0 Å². The highest BCUT2D eigenvalue weighted by Crippen LogP contribution is 2.37. The zero-order valence-electron chi connectivity index (χ0n) is 9.73. The molecule has 20 heavy (non-hydrogen) atoms. The fraction of sp³-hybridized carbons (Fsp3) is 0.0769. The normalized spacial score (nSPS) is 13.1. The fourth-order valence-corrected chi connectivity index (χ4v) is 2.07. The van der Waals surface area contributed by atoms with Gasteiger partial charge in [0.25, 0.3) is 0 Å². The van der Waals surface area contributed by atoms with Crippen LogP contribution in [0.3, 0.4) is 0 Å². The van der Waals surface area contributed by atoms with Crippen molar-refractivity contribution in [1.29, 1.82) is 0 Å². The summed E-state index contributed by atoms with van der Waals surface area (Å²) in [7, 11) is 0. The minimum Gasteiger partial charge on any atom is -0.298 e. The molecule has 1 aliphatic carbocycles. The summed E-state index contributed by atoms with van der Waals surface area (Å²) in [5.41, 5.74) is 0.831. The molecule has 4 nitrogen and oxygen atoms in total. The van der Waals surface area contributed by atoms with Crippen LogP contribution in [0.15, 0.2) is 24.4 Å². The van der Waals surface area contributed by atoms with Crippen LogP contribution in [0, 0.1) is 0 Å². The summed E-state index contributed by atoms with van der Waals surface area (Å²) in [5, 5.41) is 0. The first-order chi connectivity index (χ1) is 9.41. The Kier molecular flexibility index (Phi) is 2.47. The lowest BCUT2D eigenvalue weighted by Crippen LogP contribution is -2.13. The van der Waals surface area contributed by atoms with Gasteiger partial charge >= 0.3 is 6.18 Å². The zero-order chi connectivity index (χ0) is 14.5.